The Kier molecular flexibility index (Phi) is 8.15. The maximum atomic E-state index is 13.7. The zero-order valence-corrected chi connectivity index (χ0v) is 18.9. The molecule has 168 valence electrons. The normalized spacial score (nSPS) is 12.2. The number of carbonyl (C=O) groups is 2. The van der Waals surface area contributed by atoms with Crippen molar-refractivity contribution in [3.05, 3.63) is 65.5 Å². The quantitative estimate of drug-likeness (QED) is 0.637. The fourth-order valence-electron chi connectivity index (χ4n) is 3.16. The summed E-state index contributed by atoms with van der Waals surface area (Å²) in [4.78, 5) is 27.0. The molecule has 0 radical (unpaired) electrons. The van der Waals surface area contributed by atoms with Crippen LogP contribution in [0.15, 0.2) is 48.5 Å². The number of aryl methyl sites for hydroxylation is 1. The Balaban J connectivity index is 2.38. The first-order chi connectivity index (χ1) is 14.5. The smallest absolute Gasteiger partial charge is 0.244 e. The summed E-state index contributed by atoms with van der Waals surface area (Å²) in [6.07, 6.45) is 0.948. The van der Waals surface area contributed by atoms with E-state index in [1.807, 2.05) is 31.2 Å². The van der Waals surface area contributed by atoms with Crippen molar-refractivity contribution >= 4 is 27.5 Å². The van der Waals surface area contributed by atoms with Crippen LogP contribution < -0.4 is 9.62 Å². The average molecular weight is 450 g/mol. The van der Waals surface area contributed by atoms with Gasteiger partial charge < -0.3 is 10.2 Å². The lowest BCUT2D eigenvalue weighted by molar-refractivity contribution is -0.139. The van der Waals surface area contributed by atoms with E-state index in [1.165, 1.54) is 23.1 Å². The molecule has 0 aromatic heterocycles. The molecule has 0 aliphatic rings. The maximum Gasteiger partial charge on any atom is 0.244 e. The lowest BCUT2D eigenvalue weighted by Crippen LogP contribution is -2.51. The molecule has 0 unspecified atom stereocenters. The molecule has 1 N–H and O–H groups in total. The summed E-state index contributed by atoms with van der Waals surface area (Å²) < 4.78 is 39.3. The van der Waals surface area contributed by atoms with Crippen molar-refractivity contribution in [2.75, 3.05) is 23.7 Å². The van der Waals surface area contributed by atoms with E-state index in [1.54, 1.807) is 13.8 Å². The van der Waals surface area contributed by atoms with E-state index in [2.05, 4.69) is 5.32 Å². The second-order valence-corrected chi connectivity index (χ2v) is 9.24. The molecule has 0 bridgehead atoms. The summed E-state index contributed by atoms with van der Waals surface area (Å²) in [5.41, 5.74) is 1.84. The molecule has 9 heteroatoms. The van der Waals surface area contributed by atoms with Gasteiger partial charge in [-0.15, -0.1) is 0 Å². The largest absolute Gasteiger partial charge is 0.355 e. The van der Waals surface area contributed by atoms with Crippen molar-refractivity contribution in [1.82, 2.24) is 10.2 Å². The number of sulfonamides is 1. The second kappa shape index (κ2) is 10.4. The van der Waals surface area contributed by atoms with Crippen LogP contribution in [0.25, 0.3) is 0 Å². The van der Waals surface area contributed by atoms with Crippen LogP contribution in [0, 0.1) is 12.7 Å². The predicted molar refractivity (Wildman–Crippen MR) is 118 cm³/mol. The van der Waals surface area contributed by atoms with E-state index in [9.17, 15) is 22.4 Å². The van der Waals surface area contributed by atoms with Gasteiger partial charge in [0, 0.05) is 13.1 Å². The molecular weight excluding hydrogens is 421 g/mol. The van der Waals surface area contributed by atoms with Gasteiger partial charge in [-0.05, 0) is 44.5 Å². The van der Waals surface area contributed by atoms with Crippen molar-refractivity contribution in [2.24, 2.45) is 0 Å². The number of amides is 2. The molecule has 2 aromatic carbocycles. The fraction of sp³-hybridized carbons (Fsp3) is 0.364. The van der Waals surface area contributed by atoms with Gasteiger partial charge in [0.25, 0.3) is 0 Å². The van der Waals surface area contributed by atoms with Gasteiger partial charge in [-0.2, -0.15) is 0 Å². The van der Waals surface area contributed by atoms with Crippen molar-refractivity contribution in [3.8, 4) is 0 Å². The van der Waals surface area contributed by atoms with Crippen LogP contribution >= 0.6 is 0 Å². The minimum absolute atomic E-state index is 0.0389. The van der Waals surface area contributed by atoms with Gasteiger partial charge in [0.1, 0.15) is 18.4 Å². The van der Waals surface area contributed by atoms with Crippen LogP contribution in [0.3, 0.4) is 0 Å². The summed E-state index contributed by atoms with van der Waals surface area (Å²) in [6.45, 7) is 5.24. The summed E-state index contributed by atoms with van der Waals surface area (Å²) in [7, 11) is -3.88. The van der Waals surface area contributed by atoms with Gasteiger partial charge in [-0.1, -0.05) is 35.9 Å². The van der Waals surface area contributed by atoms with Gasteiger partial charge in [-0.3, -0.25) is 13.9 Å². The molecular formula is C22H28FN3O4S. The number of hydrogen-bond acceptors (Lipinski definition) is 4. The van der Waals surface area contributed by atoms with Crippen molar-refractivity contribution in [1.29, 1.82) is 0 Å². The zero-order valence-electron chi connectivity index (χ0n) is 18.1. The summed E-state index contributed by atoms with van der Waals surface area (Å²) in [6, 6.07) is 11.7. The van der Waals surface area contributed by atoms with Crippen LogP contribution in [0.4, 0.5) is 10.1 Å². The number of rotatable bonds is 9. The van der Waals surface area contributed by atoms with Crippen LogP contribution in [0.2, 0.25) is 0 Å². The third-order valence-electron chi connectivity index (χ3n) is 4.73. The maximum absolute atomic E-state index is 13.7. The van der Waals surface area contributed by atoms with E-state index in [0.29, 0.717) is 6.54 Å². The summed E-state index contributed by atoms with van der Waals surface area (Å²) >= 11 is 0. The molecule has 0 spiro atoms. The SMILES string of the molecule is CCNC(=O)[C@@H](C)N(Cc1cccc(C)c1)C(=O)CN(c1cccc(F)c1)S(C)(=O)=O. The van der Waals surface area contributed by atoms with Crippen molar-refractivity contribution in [3.63, 3.8) is 0 Å². The highest BCUT2D eigenvalue weighted by atomic mass is 32.2. The van der Waals surface area contributed by atoms with Gasteiger partial charge in [0.05, 0.1) is 11.9 Å². The van der Waals surface area contributed by atoms with Crippen LogP contribution in [-0.4, -0.2) is 50.5 Å². The Morgan fingerprint density at radius 3 is 2.39 bits per heavy atom. The van der Waals surface area contributed by atoms with Crippen LogP contribution in [0.1, 0.15) is 25.0 Å². The molecule has 0 aliphatic heterocycles. The topological polar surface area (TPSA) is 86.8 Å². The van der Waals surface area contributed by atoms with Crippen molar-refractivity contribution in [2.45, 2.75) is 33.4 Å². The minimum atomic E-state index is -3.88. The van der Waals surface area contributed by atoms with E-state index in [4.69, 9.17) is 0 Å². The molecule has 0 fully saturated rings. The fourth-order valence-corrected chi connectivity index (χ4v) is 4.00. The molecule has 2 rings (SSSR count). The number of nitrogens with zero attached hydrogens (tertiary/aromatic N) is 2. The number of carbonyl (C=O) groups excluding carboxylic acids is 2. The highest BCUT2D eigenvalue weighted by Gasteiger charge is 2.30. The summed E-state index contributed by atoms with van der Waals surface area (Å²) in [5.74, 6) is -1.54. The Bertz CT molecular complexity index is 1040. The van der Waals surface area contributed by atoms with Gasteiger partial charge in [0.2, 0.25) is 21.8 Å². The average Bonchev–Trinajstić information content (AvgIpc) is 2.69. The van der Waals surface area contributed by atoms with E-state index in [0.717, 1.165) is 27.8 Å². The first-order valence-electron chi connectivity index (χ1n) is 9.89. The predicted octanol–water partition coefficient (Wildman–Crippen LogP) is 2.45. The number of likely N-dealkylation sites (N-methyl/N-ethyl adjacent to an activating group) is 1. The first kappa shape index (κ1) is 24.3. The zero-order chi connectivity index (χ0) is 23.2. The molecule has 1 atom stereocenters. The monoisotopic (exact) mass is 449 g/mol. The molecule has 0 aliphatic carbocycles. The third-order valence-corrected chi connectivity index (χ3v) is 5.87. The van der Waals surface area contributed by atoms with E-state index >= 15 is 0 Å². The Hall–Kier alpha value is -2.94. The van der Waals surface area contributed by atoms with E-state index in [-0.39, 0.29) is 18.1 Å². The van der Waals surface area contributed by atoms with Gasteiger partial charge in [0.15, 0.2) is 0 Å². The van der Waals surface area contributed by atoms with Gasteiger partial charge >= 0.3 is 0 Å². The number of hydrogen-bond donors (Lipinski definition) is 1. The molecule has 2 aromatic rings. The summed E-state index contributed by atoms with van der Waals surface area (Å²) in [5, 5.41) is 2.69. The van der Waals surface area contributed by atoms with E-state index < -0.39 is 34.3 Å². The minimum Gasteiger partial charge on any atom is -0.355 e. The lowest BCUT2D eigenvalue weighted by Gasteiger charge is -2.31. The van der Waals surface area contributed by atoms with Gasteiger partial charge in [-0.25, -0.2) is 12.8 Å². The molecule has 0 heterocycles. The number of halogens is 1. The molecule has 7 nitrogen and oxygen atoms in total. The number of anilines is 1. The molecule has 0 saturated carbocycles. The second-order valence-electron chi connectivity index (χ2n) is 7.33. The molecule has 31 heavy (non-hydrogen) atoms. The van der Waals surface area contributed by atoms with Crippen LogP contribution in [-0.2, 0) is 26.2 Å². The highest BCUT2D eigenvalue weighted by molar-refractivity contribution is 7.92. The Morgan fingerprint density at radius 2 is 1.81 bits per heavy atom. The highest BCUT2D eigenvalue weighted by Crippen LogP contribution is 2.20. The number of benzene rings is 2. The molecule has 0 saturated heterocycles. The Labute approximate surface area is 182 Å². The lowest BCUT2D eigenvalue weighted by atomic mass is 10.1. The molecule has 2 amide bonds. The third kappa shape index (κ3) is 6.78. The Morgan fingerprint density at radius 1 is 1.13 bits per heavy atom. The number of nitrogens with one attached hydrogen (secondary N) is 1. The van der Waals surface area contributed by atoms with Crippen LogP contribution in [0.5, 0.6) is 0 Å². The standard InChI is InChI=1S/C22H28FN3O4S/c1-5-24-22(28)17(3)25(14-18-9-6-8-16(2)12-18)21(27)15-26(31(4,29)30)20-11-7-10-19(23)13-20/h6-13,17H,5,14-15H2,1-4H3,(H,24,28)/t17-/m1/s1. The first-order valence-corrected chi connectivity index (χ1v) is 11.7. The van der Waals surface area contributed by atoms with Crippen molar-refractivity contribution < 1.29 is 22.4 Å².